The van der Waals surface area contributed by atoms with E-state index in [1.165, 1.54) is 0 Å². The monoisotopic (exact) mass is 388 g/mol. The summed E-state index contributed by atoms with van der Waals surface area (Å²) in [6, 6.07) is 12.9. The largest absolute Gasteiger partial charge is 0.422 e. The maximum Gasteiger partial charge on any atom is 0.347 e. The highest BCUT2D eigenvalue weighted by molar-refractivity contribution is 9.10. The van der Waals surface area contributed by atoms with Crippen LogP contribution in [-0.4, -0.2) is 9.78 Å². The fourth-order valence-corrected chi connectivity index (χ4v) is 3.20. The van der Waals surface area contributed by atoms with Crippen LogP contribution in [0.1, 0.15) is 5.69 Å². The van der Waals surface area contributed by atoms with Crippen LogP contribution >= 0.6 is 27.5 Å². The average Bonchev–Trinajstić information content (AvgIpc) is 2.87. The molecule has 6 heteroatoms. The molecule has 4 rings (SSSR count). The van der Waals surface area contributed by atoms with Crippen molar-refractivity contribution in [2.45, 2.75) is 6.92 Å². The van der Waals surface area contributed by atoms with E-state index >= 15 is 0 Å². The molecule has 0 fully saturated rings. The van der Waals surface area contributed by atoms with Gasteiger partial charge in [-0.1, -0.05) is 27.5 Å². The third-order valence-electron chi connectivity index (χ3n) is 3.74. The number of benzene rings is 2. The fraction of sp³-hybridized carbons (Fsp3) is 0.0588. The van der Waals surface area contributed by atoms with Gasteiger partial charge in [0.25, 0.3) is 0 Å². The van der Waals surface area contributed by atoms with E-state index in [1.807, 2.05) is 24.3 Å². The molecule has 114 valence electrons. The number of aryl methyl sites for hydroxylation is 1. The molecule has 23 heavy (non-hydrogen) atoms. The molecular weight excluding hydrogens is 380 g/mol. The topological polar surface area (TPSA) is 48.0 Å². The van der Waals surface area contributed by atoms with Crippen LogP contribution in [0.25, 0.3) is 27.6 Å². The quantitative estimate of drug-likeness (QED) is 0.437. The van der Waals surface area contributed by atoms with Crippen LogP contribution in [0.4, 0.5) is 0 Å². The predicted molar refractivity (Wildman–Crippen MR) is 94.6 cm³/mol. The first-order chi connectivity index (χ1) is 11.0. The summed E-state index contributed by atoms with van der Waals surface area (Å²) in [5.41, 5.74) is 2.34. The van der Waals surface area contributed by atoms with Crippen LogP contribution in [0.15, 0.2) is 56.1 Å². The van der Waals surface area contributed by atoms with Gasteiger partial charge in [0.1, 0.15) is 11.0 Å². The van der Waals surface area contributed by atoms with Gasteiger partial charge in [0.2, 0.25) is 0 Å². The minimum atomic E-state index is -0.382. The summed E-state index contributed by atoms with van der Waals surface area (Å²) < 4.78 is 8.09. The lowest BCUT2D eigenvalue weighted by atomic mass is 10.1. The lowest BCUT2D eigenvalue weighted by Crippen LogP contribution is -2.01. The molecule has 0 aliphatic carbocycles. The maximum atomic E-state index is 12.3. The molecule has 0 amide bonds. The Morgan fingerprint density at radius 1 is 1.17 bits per heavy atom. The van der Waals surface area contributed by atoms with E-state index in [-0.39, 0.29) is 5.63 Å². The second-order valence-corrected chi connectivity index (χ2v) is 6.58. The van der Waals surface area contributed by atoms with E-state index in [1.54, 1.807) is 29.8 Å². The Labute approximate surface area is 144 Å². The molecule has 0 radical (unpaired) electrons. The van der Waals surface area contributed by atoms with Crippen LogP contribution < -0.4 is 5.63 Å². The van der Waals surface area contributed by atoms with Gasteiger partial charge in [0, 0.05) is 14.9 Å². The summed E-state index contributed by atoms with van der Waals surface area (Å²) in [5, 5.41) is 6.49. The summed E-state index contributed by atoms with van der Waals surface area (Å²) in [7, 11) is 0. The Bertz CT molecular complexity index is 1110. The molecule has 0 atom stereocenters. The van der Waals surface area contributed by atoms with Crippen molar-refractivity contribution in [2.24, 2.45) is 0 Å². The Kier molecular flexibility index (Phi) is 3.28. The maximum absolute atomic E-state index is 12.3. The van der Waals surface area contributed by atoms with Gasteiger partial charge >= 0.3 is 5.63 Å². The number of rotatable bonds is 1. The number of nitrogens with zero attached hydrogens (tertiary/aromatic N) is 2. The molecule has 2 aromatic carbocycles. The molecule has 0 spiro atoms. The summed E-state index contributed by atoms with van der Waals surface area (Å²) in [6.45, 7) is 1.80. The van der Waals surface area contributed by atoms with Gasteiger partial charge in [-0.3, -0.25) is 0 Å². The smallest absolute Gasteiger partial charge is 0.347 e. The molecule has 2 aromatic heterocycles. The second-order valence-electron chi connectivity index (χ2n) is 5.23. The van der Waals surface area contributed by atoms with Crippen molar-refractivity contribution < 1.29 is 4.42 Å². The first kappa shape index (κ1) is 14.5. The zero-order chi connectivity index (χ0) is 16.1. The van der Waals surface area contributed by atoms with Gasteiger partial charge in [-0.2, -0.15) is 5.10 Å². The van der Waals surface area contributed by atoms with E-state index in [9.17, 15) is 4.79 Å². The van der Waals surface area contributed by atoms with E-state index in [0.717, 1.165) is 21.1 Å². The van der Waals surface area contributed by atoms with Gasteiger partial charge in [-0.05, 0) is 49.4 Å². The molecule has 0 saturated heterocycles. The lowest BCUT2D eigenvalue weighted by molar-refractivity contribution is 0.569. The zero-order valence-electron chi connectivity index (χ0n) is 12.0. The van der Waals surface area contributed by atoms with E-state index < -0.39 is 0 Å². The van der Waals surface area contributed by atoms with Gasteiger partial charge in [-0.25, -0.2) is 9.48 Å². The highest BCUT2D eigenvalue weighted by atomic mass is 79.9. The van der Waals surface area contributed by atoms with Crippen molar-refractivity contribution in [3.8, 4) is 5.69 Å². The molecule has 4 nitrogen and oxygen atoms in total. The van der Waals surface area contributed by atoms with Gasteiger partial charge in [-0.15, -0.1) is 0 Å². The van der Waals surface area contributed by atoms with Crippen LogP contribution in [0.2, 0.25) is 5.02 Å². The van der Waals surface area contributed by atoms with E-state index in [0.29, 0.717) is 21.7 Å². The summed E-state index contributed by atoms with van der Waals surface area (Å²) in [4.78, 5) is 12.3. The molecule has 0 bridgehead atoms. The van der Waals surface area contributed by atoms with Crippen LogP contribution in [-0.2, 0) is 0 Å². The standard InChI is InChI=1S/C17H10BrClN2O2/c1-9-15-16(21(20-9)12-5-3-11(19)4-6-12)13-8-10(18)2-7-14(13)23-17(15)22/h2-8H,1H3. The van der Waals surface area contributed by atoms with Crippen molar-refractivity contribution in [3.05, 3.63) is 68.1 Å². The molecule has 0 aliphatic rings. The molecular formula is C17H10BrClN2O2. The number of hydrogen-bond acceptors (Lipinski definition) is 3. The Morgan fingerprint density at radius 3 is 2.65 bits per heavy atom. The van der Waals surface area contributed by atoms with Gasteiger partial charge in [0.15, 0.2) is 0 Å². The molecule has 0 unspecified atom stereocenters. The Morgan fingerprint density at radius 2 is 1.91 bits per heavy atom. The fourth-order valence-electron chi connectivity index (χ4n) is 2.72. The number of aromatic nitrogens is 2. The second kappa shape index (κ2) is 5.22. The Hall–Kier alpha value is -2.11. The van der Waals surface area contributed by atoms with Crippen molar-refractivity contribution >= 4 is 49.4 Å². The number of hydrogen-bond donors (Lipinski definition) is 0. The minimum Gasteiger partial charge on any atom is -0.422 e. The molecule has 0 aliphatic heterocycles. The summed E-state index contributed by atoms with van der Waals surface area (Å²) in [6.07, 6.45) is 0. The van der Waals surface area contributed by atoms with Gasteiger partial charge in [0.05, 0.1) is 16.9 Å². The third kappa shape index (κ3) is 2.28. The average molecular weight is 390 g/mol. The van der Waals surface area contributed by atoms with E-state index in [2.05, 4.69) is 21.0 Å². The molecule has 2 heterocycles. The summed E-state index contributed by atoms with van der Waals surface area (Å²) >= 11 is 9.43. The highest BCUT2D eigenvalue weighted by Gasteiger charge is 2.17. The third-order valence-corrected chi connectivity index (χ3v) is 4.48. The van der Waals surface area contributed by atoms with Crippen molar-refractivity contribution in [1.82, 2.24) is 9.78 Å². The van der Waals surface area contributed by atoms with Crippen molar-refractivity contribution in [2.75, 3.05) is 0 Å². The summed E-state index contributed by atoms with van der Waals surface area (Å²) in [5.74, 6) is 0. The SMILES string of the molecule is Cc1nn(-c2ccc(Cl)cc2)c2c1c(=O)oc1ccc(Br)cc12. The number of fused-ring (bicyclic) bond motifs is 3. The van der Waals surface area contributed by atoms with Gasteiger partial charge < -0.3 is 4.42 Å². The molecule has 0 N–H and O–H groups in total. The van der Waals surface area contributed by atoms with Crippen LogP contribution in [0.3, 0.4) is 0 Å². The first-order valence-electron chi connectivity index (χ1n) is 6.92. The van der Waals surface area contributed by atoms with Crippen LogP contribution in [0.5, 0.6) is 0 Å². The van der Waals surface area contributed by atoms with Crippen molar-refractivity contribution in [1.29, 1.82) is 0 Å². The highest BCUT2D eigenvalue weighted by Crippen LogP contribution is 2.29. The Balaban J connectivity index is 2.21. The molecule has 4 aromatic rings. The van der Waals surface area contributed by atoms with E-state index in [4.69, 9.17) is 16.0 Å². The van der Waals surface area contributed by atoms with Crippen molar-refractivity contribution in [3.63, 3.8) is 0 Å². The lowest BCUT2D eigenvalue weighted by Gasteiger charge is -2.06. The van der Waals surface area contributed by atoms with Crippen LogP contribution in [0, 0.1) is 6.92 Å². The number of halogens is 2. The minimum absolute atomic E-state index is 0.382. The normalized spacial score (nSPS) is 11.4. The first-order valence-corrected chi connectivity index (χ1v) is 8.09. The predicted octanol–water partition coefficient (Wildman–Crippen LogP) is 4.86. The molecule has 0 saturated carbocycles. The zero-order valence-corrected chi connectivity index (χ0v) is 14.4.